The van der Waals surface area contributed by atoms with Crippen LogP contribution in [0.1, 0.15) is 6.92 Å². The van der Waals surface area contributed by atoms with Gasteiger partial charge in [-0.25, -0.2) is 13.4 Å². The van der Waals surface area contributed by atoms with Gasteiger partial charge in [0.2, 0.25) is 10.0 Å². The van der Waals surface area contributed by atoms with Gasteiger partial charge in [-0.05, 0) is 31.2 Å². The third kappa shape index (κ3) is 4.18. The Kier molecular flexibility index (Phi) is 5.60. The molecule has 1 N–H and O–H groups in total. The van der Waals surface area contributed by atoms with Crippen molar-refractivity contribution in [2.75, 3.05) is 32.7 Å². The SMILES string of the molecule is CCN=S(=O)(OC(=O)N1CCNCC1)c1ccc(Br)cc1. The van der Waals surface area contributed by atoms with E-state index in [1.807, 2.05) is 0 Å². The second kappa shape index (κ2) is 7.24. The summed E-state index contributed by atoms with van der Waals surface area (Å²) < 4.78 is 23.0. The lowest BCUT2D eigenvalue weighted by Gasteiger charge is -2.26. The lowest BCUT2D eigenvalue weighted by molar-refractivity contribution is 0.150. The van der Waals surface area contributed by atoms with Crippen molar-refractivity contribution in [1.29, 1.82) is 0 Å². The van der Waals surface area contributed by atoms with E-state index in [-0.39, 0.29) is 0 Å². The van der Waals surface area contributed by atoms with E-state index in [9.17, 15) is 9.00 Å². The number of piperazine rings is 1. The van der Waals surface area contributed by atoms with Crippen LogP contribution < -0.4 is 5.32 Å². The van der Waals surface area contributed by atoms with E-state index in [1.165, 1.54) is 0 Å². The average molecular weight is 376 g/mol. The van der Waals surface area contributed by atoms with E-state index in [4.69, 9.17) is 4.18 Å². The van der Waals surface area contributed by atoms with Crippen LogP contribution in [0.15, 0.2) is 38.0 Å². The molecule has 0 bridgehead atoms. The van der Waals surface area contributed by atoms with E-state index in [2.05, 4.69) is 25.6 Å². The Hall–Kier alpha value is -1.12. The number of carbonyl (C=O) groups excluding carboxylic acids is 1. The Morgan fingerprint density at radius 1 is 1.38 bits per heavy atom. The number of amides is 1. The zero-order valence-electron chi connectivity index (χ0n) is 11.8. The number of hydrogen-bond acceptors (Lipinski definition) is 5. The molecule has 21 heavy (non-hydrogen) atoms. The van der Waals surface area contributed by atoms with Crippen molar-refractivity contribution in [1.82, 2.24) is 10.2 Å². The summed E-state index contributed by atoms with van der Waals surface area (Å²) in [5, 5.41) is 3.15. The normalized spacial score (nSPS) is 17.9. The maximum absolute atomic E-state index is 12.9. The second-order valence-corrected chi connectivity index (χ2v) is 7.22. The van der Waals surface area contributed by atoms with Gasteiger partial charge >= 0.3 is 6.09 Å². The first-order chi connectivity index (χ1) is 10.0. The van der Waals surface area contributed by atoms with Gasteiger partial charge in [0.05, 0.1) is 4.90 Å². The van der Waals surface area contributed by atoms with Crippen LogP contribution in [0.25, 0.3) is 0 Å². The molecule has 116 valence electrons. The van der Waals surface area contributed by atoms with Crippen LogP contribution in [-0.4, -0.2) is 47.9 Å². The van der Waals surface area contributed by atoms with Crippen LogP contribution in [0, 0.1) is 0 Å². The first-order valence-corrected chi connectivity index (χ1v) is 8.96. The van der Waals surface area contributed by atoms with E-state index < -0.39 is 16.1 Å². The summed E-state index contributed by atoms with van der Waals surface area (Å²) in [7, 11) is -3.19. The number of nitrogens with one attached hydrogen (secondary N) is 1. The van der Waals surface area contributed by atoms with Crippen molar-refractivity contribution >= 4 is 32.0 Å². The molecule has 0 spiro atoms. The van der Waals surface area contributed by atoms with E-state index in [0.717, 1.165) is 4.47 Å². The van der Waals surface area contributed by atoms with Crippen LogP contribution in [-0.2, 0) is 14.2 Å². The summed E-state index contributed by atoms with van der Waals surface area (Å²) in [5.74, 6) is 0. The average Bonchev–Trinajstić information content (AvgIpc) is 2.49. The molecule has 0 radical (unpaired) electrons. The fraction of sp³-hybridized carbons (Fsp3) is 0.462. The molecule has 0 saturated carbocycles. The molecule has 1 heterocycles. The molecular formula is C13H18BrN3O3S. The maximum atomic E-state index is 12.9. The number of halogens is 1. The fourth-order valence-corrected chi connectivity index (χ4v) is 3.60. The molecule has 1 unspecified atom stereocenters. The highest BCUT2D eigenvalue weighted by molar-refractivity contribution is 9.10. The van der Waals surface area contributed by atoms with Gasteiger partial charge in [0, 0.05) is 37.2 Å². The number of rotatable bonds is 3. The van der Waals surface area contributed by atoms with Crippen molar-refractivity contribution < 1.29 is 13.2 Å². The maximum Gasteiger partial charge on any atom is 0.424 e. The number of hydrogen-bond donors (Lipinski definition) is 1. The first kappa shape index (κ1) is 16.3. The summed E-state index contributed by atoms with van der Waals surface area (Å²) in [6, 6.07) is 6.80. The Morgan fingerprint density at radius 3 is 2.57 bits per heavy atom. The largest absolute Gasteiger partial charge is 0.424 e. The lowest BCUT2D eigenvalue weighted by Crippen LogP contribution is -2.47. The molecule has 1 aromatic rings. The smallest absolute Gasteiger partial charge is 0.338 e. The van der Waals surface area contributed by atoms with Gasteiger partial charge in [0.25, 0.3) is 0 Å². The van der Waals surface area contributed by atoms with Crippen LogP contribution in [0.4, 0.5) is 4.79 Å². The molecule has 1 atom stereocenters. The lowest BCUT2D eigenvalue weighted by atomic mass is 10.4. The van der Waals surface area contributed by atoms with Crippen molar-refractivity contribution in [3.8, 4) is 0 Å². The molecule has 0 aromatic heterocycles. The van der Waals surface area contributed by atoms with E-state index in [1.54, 1.807) is 36.1 Å². The Balaban J connectivity index is 2.22. The highest BCUT2D eigenvalue weighted by atomic mass is 79.9. The quantitative estimate of drug-likeness (QED) is 0.879. The monoisotopic (exact) mass is 375 g/mol. The Labute approximate surface area is 133 Å². The van der Waals surface area contributed by atoms with Gasteiger partial charge in [-0.1, -0.05) is 15.9 Å². The first-order valence-electron chi connectivity index (χ1n) is 6.73. The number of carbonyl (C=O) groups is 1. The predicted molar refractivity (Wildman–Crippen MR) is 84.4 cm³/mol. The number of nitrogens with zero attached hydrogens (tertiary/aromatic N) is 2. The van der Waals surface area contributed by atoms with Gasteiger partial charge < -0.3 is 14.4 Å². The van der Waals surface area contributed by atoms with Gasteiger partial charge in [0.1, 0.15) is 0 Å². The van der Waals surface area contributed by atoms with E-state index >= 15 is 0 Å². The van der Waals surface area contributed by atoms with Crippen LogP contribution in [0.5, 0.6) is 0 Å². The molecule has 1 saturated heterocycles. The summed E-state index contributed by atoms with van der Waals surface area (Å²) >= 11 is 3.32. The van der Waals surface area contributed by atoms with Gasteiger partial charge in [-0.15, -0.1) is 0 Å². The Bertz CT molecular complexity index is 606. The molecule has 2 rings (SSSR count). The zero-order valence-corrected chi connectivity index (χ0v) is 14.2. The van der Waals surface area contributed by atoms with Crippen LogP contribution >= 0.6 is 15.9 Å². The third-order valence-electron chi connectivity index (χ3n) is 2.97. The summed E-state index contributed by atoms with van der Waals surface area (Å²) in [4.78, 5) is 14.1. The van der Waals surface area contributed by atoms with E-state index in [0.29, 0.717) is 37.6 Å². The zero-order chi connectivity index (χ0) is 15.3. The molecule has 1 aromatic carbocycles. The van der Waals surface area contributed by atoms with Crippen molar-refractivity contribution in [3.63, 3.8) is 0 Å². The minimum absolute atomic E-state index is 0.309. The van der Waals surface area contributed by atoms with Gasteiger partial charge in [-0.3, -0.25) is 0 Å². The van der Waals surface area contributed by atoms with Crippen LogP contribution in [0.2, 0.25) is 0 Å². The molecular weight excluding hydrogens is 358 g/mol. The molecule has 1 fully saturated rings. The molecule has 1 amide bonds. The summed E-state index contributed by atoms with van der Waals surface area (Å²) in [6.07, 6.45) is -0.582. The molecule has 6 nitrogen and oxygen atoms in total. The topological polar surface area (TPSA) is 71.0 Å². The van der Waals surface area contributed by atoms with Gasteiger partial charge in [-0.2, -0.15) is 0 Å². The van der Waals surface area contributed by atoms with Gasteiger partial charge in [0.15, 0.2) is 0 Å². The minimum atomic E-state index is -3.19. The van der Waals surface area contributed by atoms with Crippen molar-refractivity contribution in [2.45, 2.75) is 11.8 Å². The minimum Gasteiger partial charge on any atom is -0.338 e. The summed E-state index contributed by atoms with van der Waals surface area (Å²) in [5.41, 5.74) is 0. The molecule has 1 aliphatic heterocycles. The van der Waals surface area contributed by atoms with Crippen molar-refractivity contribution in [2.24, 2.45) is 4.36 Å². The molecule has 0 aliphatic carbocycles. The predicted octanol–water partition coefficient (Wildman–Crippen LogP) is 2.25. The van der Waals surface area contributed by atoms with Crippen molar-refractivity contribution in [3.05, 3.63) is 28.7 Å². The second-order valence-electron chi connectivity index (χ2n) is 4.46. The van der Waals surface area contributed by atoms with Crippen LogP contribution in [0.3, 0.4) is 0 Å². The molecule has 1 aliphatic rings. The number of benzene rings is 1. The summed E-state index contributed by atoms with van der Waals surface area (Å²) in [6.45, 7) is 4.57. The standard InChI is InChI=1S/C13H18BrN3O3S/c1-2-16-21(19,12-5-3-11(14)4-6-12)20-13(18)17-9-7-15-8-10-17/h3-6,15H,2,7-10H2,1H3. The Morgan fingerprint density at radius 2 is 2.00 bits per heavy atom. The highest BCUT2D eigenvalue weighted by Gasteiger charge is 2.24. The molecule has 8 heteroatoms. The third-order valence-corrected chi connectivity index (χ3v) is 5.33. The highest BCUT2D eigenvalue weighted by Crippen LogP contribution is 2.20. The fourth-order valence-electron chi connectivity index (χ4n) is 1.92.